The van der Waals surface area contributed by atoms with Gasteiger partial charge in [-0.25, -0.2) is 4.79 Å². The third-order valence-electron chi connectivity index (χ3n) is 7.30. The molecule has 0 spiro atoms. The van der Waals surface area contributed by atoms with Gasteiger partial charge in [0.25, 0.3) is 5.56 Å². The molecule has 0 amide bonds. The Hall–Kier alpha value is -3.08. The molecule has 2 aromatic carbocycles. The molecular weight excluding hydrogens is 476 g/mol. The topological polar surface area (TPSA) is 112 Å². The van der Waals surface area contributed by atoms with Crippen LogP contribution < -0.4 is 11.2 Å². The lowest BCUT2D eigenvalue weighted by Gasteiger charge is -2.38. The van der Waals surface area contributed by atoms with Crippen molar-refractivity contribution >= 4 is 0 Å². The number of aliphatic hydroxyl groups is 1. The monoisotopic (exact) mass is 508 g/mol. The summed E-state index contributed by atoms with van der Waals surface area (Å²) in [4.78, 5) is 27.0. The van der Waals surface area contributed by atoms with Crippen molar-refractivity contribution < 1.29 is 24.1 Å². The molecule has 37 heavy (non-hydrogen) atoms. The number of nitrogens with one attached hydrogen (secondary N) is 1. The number of benzene rings is 2. The van der Waals surface area contributed by atoms with Crippen molar-refractivity contribution in [2.75, 3.05) is 19.8 Å². The summed E-state index contributed by atoms with van der Waals surface area (Å²) in [5.41, 5.74) is -0.853. The first-order valence-electron chi connectivity index (χ1n) is 12.5. The van der Waals surface area contributed by atoms with Crippen molar-refractivity contribution in [3.63, 3.8) is 0 Å². The van der Waals surface area contributed by atoms with Crippen molar-refractivity contribution in [2.45, 2.75) is 56.5 Å². The maximum Gasteiger partial charge on any atom is 0.330 e. The quantitative estimate of drug-likeness (QED) is 0.383. The molecule has 2 N–H and O–H groups in total. The minimum atomic E-state index is -1.18. The SMILES string of the molecule is Cc1cn([C@@H]2O[C@@]3(CO)CO[C@@H]2[C@]3(CCCOCc2ccccc2)OCc2ccccc2)c(=O)[nH]c1=O. The summed E-state index contributed by atoms with van der Waals surface area (Å²) in [7, 11) is 0. The number of nitrogens with zero attached hydrogens (tertiary/aromatic N) is 1. The lowest BCUT2D eigenvalue weighted by Crippen LogP contribution is -2.56. The van der Waals surface area contributed by atoms with Crippen LogP contribution in [0.5, 0.6) is 0 Å². The summed E-state index contributed by atoms with van der Waals surface area (Å²) in [6, 6.07) is 19.7. The highest BCUT2D eigenvalue weighted by molar-refractivity contribution is 5.20. The number of H-pyrrole nitrogens is 1. The van der Waals surface area contributed by atoms with Crippen LogP contribution in [0.3, 0.4) is 0 Å². The van der Waals surface area contributed by atoms with Gasteiger partial charge in [0.15, 0.2) is 6.23 Å². The number of aromatic nitrogens is 2. The number of aryl methyl sites for hydroxylation is 1. The van der Waals surface area contributed by atoms with Gasteiger partial charge >= 0.3 is 5.69 Å². The van der Waals surface area contributed by atoms with E-state index >= 15 is 0 Å². The Morgan fingerprint density at radius 3 is 2.41 bits per heavy atom. The van der Waals surface area contributed by atoms with Gasteiger partial charge in [0, 0.05) is 18.4 Å². The molecule has 5 rings (SSSR count). The molecule has 196 valence electrons. The Morgan fingerprint density at radius 2 is 1.73 bits per heavy atom. The van der Waals surface area contributed by atoms with E-state index in [9.17, 15) is 14.7 Å². The van der Waals surface area contributed by atoms with Crippen LogP contribution >= 0.6 is 0 Å². The van der Waals surface area contributed by atoms with Gasteiger partial charge in [-0.1, -0.05) is 60.7 Å². The van der Waals surface area contributed by atoms with Gasteiger partial charge in [-0.05, 0) is 30.9 Å². The number of ether oxygens (including phenoxy) is 4. The fraction of sp³-hybridized carbons (Fsp3) is 0.429. The maximum absolute atomic E-state index is 12.7. The zero-order valence-corrected chi connectivity index (χ0v) is 20.8. The van der Waals surface area contributed by atoms with Crippen LogP contribution in [0.2, 0.25) is 0 Å². The van der Waals surface area contributed by atoms with E-state index in [0.717, 1.165) is 11.1 Å². The highest BCUT2D eigenvalue weighted by Gasteiger charge is 2.72. The van der Waals surface area contributed by atoms with Crippen molar-refractivity contribution in [3.05, 3.63) is 104 Å². The van der Waals surface area contributed by atoms with Crippen LogP contribution in [0.15, 0.2) is 76.4 Å². The first-order valence-corrected chi connectivity index (χ1v) is 12.5. The van der Waals surface area contributed by atoms with E-state index in [0.29, 0.717) is 31.6 Å². The number of fused-ring (bicyclic) bond motifs is 2. The Labute approximate surface area is 214 Å². The summed E-state index contributed by atoms with van der Waals surface area (Å²) < 4.78 is 26.4. The minimum absolute atomic E-state index is 0.126. The van der Waals surface area contributed by atoms with Gasteiger partial charge in [0.2, 0.25) is 0 Å². The summed E-state index contributed by atoms with van der Waals surface area (Å²) in [5, 5.41) is 10.6. The van der Waals surface area contributed by atoms with E-state index in [1.54, 1.807) is 6.92 Å². The van der Waals surface area contributed by atoms with E-state index < -0.39 is 34.8 Å². The van der Waals surface area contributed by atoms with Crippen LogP contribution in [0.1, 0.15) is 35.8 Å². The fourth-order valence-electron chi connectivity index (χ4n) is 5.32. The predicted octanol–water partition coefficient (Wildman–Crippen LogP) is 2.46. The Balaban J connectivity index is 1.40. The molecule has 2 fully saturated rings. The number of rotatable bonds is 11. The molecule has 9 heteroatoms. The second-order valence-electron chi connectivity index (χ2n) is 9.68. The van der Waals surface area contributed by atoms with Gasteiger partial charge < -0.3 is 24.1 Å². The summed E-state index contributed by atoms with van der Waals surface area (Å²) in [6.07, 6.45) is 1.02. The molecular formula is C28H32N2O7. The molecule has 3 heterocycles. The third kappa shape index (κ3) is 4.81. The molecule has 9 nitrogen and oxygen atoms in total. The highest BCUT2D eigenvalue weighted by atomic mass is 16.7. The molecule has 2 saturated heterocycles. The van der Waals surface area contributed by atoms with Crippen LogP contribution in [0, 0.1) is 6.92 Å². The smallest absolute Gasteiger partial charge is 0.330 e. The normalized spacial score (nSPS) is 26.5. The standard InChI is InChI=1S/C28H32N2O7/c1-20-15-30(26(33)29-24(20)32)25-23-28(27(18-31,37-25)19-35-23,36-17-22-11-6-3-7-12-22)13-8-14-34-16-21-9-4-2-5-10-21/h2-7,9-12,15,23,25,31H,8,13-14,16-19H2,1H3,(H,29,32,33)/t23-,25+,27-,28-/m0/s1. The molecule has 2 aliphatic heterocycles. The van der Waals surface area contributed by atoms with E-state index in [2.05, 4.69) is 4.98 Å². The Kier molecular flexibility index (Phi) is 7.41. The summed E-state index contributed by atoms with van der Waals surface area (Å²) >= 11 is 0. The molecule has 0 unspecified atom stereocenters. The highest BCUT2D eigenvalue weighted by Crippen LogP contribution is 2.55. The van der Waals surface area contributed by atoms with Gasteiger partial charge in [-0.15, -0.1) is 0 Å². The van der Waals surface area contributed by atoms with Crippen LogP contribution in [0.4, 0.5) is 0 Å². The van der Waals surface area contributed by atoms with Crippen LogP contribution in [-0.4, -0.2) is 51.8 Å². The lowest BCUT2D eigenvalue weighted by molar-refractivity contribution is -0.200. The van der Waals surface area contributed by atoms with Crippen molar-refractivity contribution in [1.82, 2.24) is 9.55 Å². The first kappa shape index (κ1) is 25.6. The van der Waals surface area contributed by atoms with E-state index in [-0.39, 0.29) is 19.8 Å². The third-order valence-corrected chi connectivity index (χ3v) is 7.30. The Morgan fingerprint density at radius 1 is 1.05 bits per heavy atom. The predicted molar refractivity (Wildman–Crippen MR) is 135 cm³/mol. The molecule has 3 aromatic rings. The zero-order valence-electron chi connectivity index (χ0n) is 20.8. The second-order valence-corrected chi connectivity index (χ2v) is 9.68. The van der Waals surface area contributed by atoms with Gasteiger partial charge in [-0.3, -0.25) is 14.3 Å². The van der Waals surface area contributed by atoms with Crippen LogP contribution in [0.25, 0.3) is 0 Å². The number of aliphatic hydroxyl groups excluding tert-OH is 1. The number of hydrogen-bond acceptors (Lipinski definition) is 7. The average molecular weight is 509 g/mol. The lowest BCUT2D eigenvalue weighted by atomic mass is 9.80. The number of aromatic amines is 1. The maximum atomic E-state index is 12.7. The van der Waals surface area contributed by atoms with Gasteiger partial charge in [0.1, 0.15) is 17.3 Å². The van der Waals surface area contributed by atoms with E-state index in [1.165, 1.54) is 10.8 Å². The number of hydrogen-bond donors (Lipinski definition) is 2. The van der Waals surface area contributed by atoms with Gasteiger partial charge in [-0.2, -0.15) is 0 Å². The van der Waals surface area contributed by atoms with Crippen molar-refractivity contribution in [2.24, 2.45) is 0 Å². The molecule has 0 aliphatic carbocycles. The van der Waals surface area contributed by atoms with Crippen molar-refractivity contribution in [3.8, 4) is 0 Å². The molecule has 0 saturated carbocycles. The van der Waals surface area contributed by atoms with Crippen LogP contribution in [-0.2, 0) is 32.2 Å². The molecule has 1 aromatic heterocycles. The average Bonchev–Trinajstić information content (AvgIpc) is 3.37. The van der Waals surface area contributed by atoms with Crippen molar-refractivity contribution in [1.29, 1.82) is 0 Å². The first-order chi connectivity index (χ1) is 18.0. The second kappa shape index (κ2) is 10.7. The minimum Gasteiger partial charge on any atom is -0.393 e. The summed E-state index contributed by atoms with van der Waals surface area (Å²) in [6.45, 7) is 2.64. The van der Waals surface area contributed by atoms with E-state index in [4.69, 9.17) is 18.9 Å². The largest absolute Gasteiger partial charge is 0.393 e. The van der Waals surface area contributed by atoms with E-state index in [1.807, 2.05) is 60.7 Å². The molecule has 4 atom stereocenters. The molecule has 2 bridgehead atoms. The Bertz CT molecular complexity index is 1310. The molecule has 0 radical (unpaired) electrons. The molecule has 2 aliphatic rings. The summed E-state index contributed by atoms with van der Waals surface area (Å²) in [5.74, 6) is 0. The van der Waals surface area contributed by atoms with Gasteiger partial charge in [0.05, 0.1) is 26.4 Å². The fourth-order valence-corrected chi connectivity index (χ4v) is 5.32. The zero-order chi connectivity index (χ0) is 25.9.